The second-order valence-electron chi connectivity index (χ2n) is 9.93. The molecule has 8 heteroatoms. The van der Waals surface area contributed by atoms with Crippen LogP contribution in [0.4, 0.5) is 0 Å². The molecule has 0 spiro atoms. The molecule has 0 N–H and O–H groups in total. The summed E-state index contributed by atoms with van der Waals surface area (Å²) in [6.45, 7) is 5.09. The molecule has 198 valence electrons. The van der Waals surface area contributed by atoms with E-state index in [1.54, 1.807) is 14.2 Å². The summed E-state index contributed by atoms with van der Waals surface area (Å²) < 4.78 is 35.2. The van der Waals surface area contributed by atoms with Gasteiger partial charge in [0, 0.05) is 23.2 Å². The average molecular weight is 518 g/mol. The van der Waals surface area contributed by atoms with Crippen LogP contribution < -0.4 is 23.7 Å². The van der Waals surface area contributed by atoms with Crippen molar-refractivity contribution in [3.05, 3.63) is 63.7 Å². The Labute approximate surface area is 222 Å². The third kappa shape index (κ3) is 3.43. The van der Waals surface area contributed by atoms with Crippen molar-refractivity contribution >= 4 is 5.97 Å². The van der Waals surface area contributed by atoms with Gasteiger partial charge in [-0.3, -0.25) is 4.90 Å². The van der Waals surface area contributed by atoms with Crippen molar-refractivity contribution in [3.63, 3.8) is 0 Å². The zero-order valence-electron chi connectivity index (χ0n) is 22.5. The van der Waals surface area contributed by atoms with Crippen LogP contribution in [-0.2, 0) is 11.2 Å². The number of methoxy groups -OCH3 is 3. The van der Waals surface area contributed by atoms with Crippen LogP contribution in [0.1, 0.15) is 50.3 Å². The van der Waals surface area contributed by atoms with E-state index in [2.05, 4.69) is 36.9 Å². The van der Waals surface area contributed by atoms with Crippen molar-refractivity contribution in [2.24, 2.45) is 0 Å². The first-order valence-electron chi connectivity index (χ1n) is 12.7. The van der Waals surface area contributed by atoms with Crippen LogP contribution in [-0.4, -0.2) is 52.6 Å². The third-order valence-corrected chi connectivity index (χ3v) is 8.01. The molecule has 2 atom stereocenters. The smallest absolute Gasteiger partial charge is 0.343 e. The van der Waals surface area contributed by atoms with Gasteiger partial charge in [0.25, 0.3) is 0 Å². The summed E-state index contributed by atoms with van der Waals surface area (Å²) in [7, 11) is 6.76. The summed E-state index contributed by atoms with van der Waals surface area (Å²) in [4.78, 5) is 15.4. The van der Waals surface area contributed by atoms with Gasteiger partial charge in [-0.05, 0) is 55.6 Å². The highest BCUT2D eigenvalue weighted by Crippen LogP contribution is 2.58. The van der Waals surface area contributed by atoms with E-state index in [-0.39, 0.29) is 12.8 Å². The van der Waals surface area contributed by atoms with Gasteiger partial charge in [0.15, 0.2) is 23.0 Å². The number of hydrogen-bond acceptors (Lipinski definition) is 8. The number of ether oxygens (including phenoxy) is 6. The number of likely N-dealkylation sites (N-methyl/N-ethyl adjacent to an activating group) is 1. The number of hydrogen-bond donors (Lipinski definition) is 0. The molecule has 0 fully saturated rings. The van der Waals surface area contributed by atoms with Crippen LogP contribution in [0, 0.1) is 13.8 Å². The van der Waals surface area contributed by atoms with Gasteiger partial charge in [-0.1, -0.05) is 24.3 Å². The number of rotatable bonds is 5. The number of carbonyl (C=O) groups is 1. The molecular weight excluding hydrogens is 486 g/mol. The third-order valence-electron chi connectivity index (χ3n) is 8.01. The molecule has 3 aromatic rings. The van der Waals surface area contributed by atoms with Crippen LogP contribution in [0.15, 0.2) is 30.3 Å². The van der Waals surface area contributed by atoms with E-state index < -0.39 is 12.1 Å². The lowest BCUT2D eigenvalue weighted by Crippen LogP contribution is -2.36. The molecule has 3 heterocycles. The first kappa shape index (κ1) is 24.4. The van der Waals surface area contributed by atoms with Crippen LogP contribution >= 0.6 is 0 Å². The van der Waals surface area contributed by atoms with Gasteiger partial charge in [-0.25, -0.2) is 4.79 Å². The Kier molecular flexibility index (Phi) is 5.87. The lowest BCUT2D eigenvalue weighted by atomic mass is 9.81. The van der Waals surface area contributed by atoms with Crippen LogP contribution in [0.5, 0.6) is 28.7 Å². The second-order valence-corrected chi connectivity index (χ2v) is 9.93. The molecule has 3 aliphatic heterocycles. The maximum atomic E-state index is 13.2. The van der Waals surface area contributed by atoms with Gasteiger partial charge in [-0.2, -0.15) is 0 Å². The number of benzene rings is 3. The average Bonchev–Trinajstić information content (AvgIpc) is 3.53. The zero-order chi connectivity index (χ0) is 26.7. The number of fused-ring (bicyclic) bond motifs is 3. The molecule has 0 bridgehead atoms. The monoisotopic (exact) mass is 517 g/mol. The molecule has 0 aromatic heterocycles. The molecule has 0 saturated carbocycles. The van der Waals surface area contributed by atoms with E-state index in [0.29, 0.717) is 34.3 Å². The summed E-state index contributed by atoms with van der Waals surface area (Å²) in [6.07, 6.45) is 0.195. The molecule has 3 aliphatic rings. The summed E-state index contributed by atoms with van der Waals surface area (Å²) in [5.41, 5.74) is 7.70. The standard InChI is InChI=1S/C30H31NO7/c1-15-7-8-17(13-16(15)2)21-18-11-12-31(3)24(22(18)27(35-6)29-28(21)36-14-37-29)25-19-9-10-20(33-4)26(34-5)23(19)30(32)38-25/h7-10,13,24-25H,11-12,14H2,1-6H3/t24-,25+/m1/s1. The van der Waals surface area contributed by atoms with Gasteiger partial charge in [0.05, 0.1) is 27.4 Å². The van der Waals surface area contributed by atoms with E-state index in [1.807, 2.05) is 19.2 Å². The Morgan fingerprint density at radius 3 is 2.37 bits per heavy atom. The summed E-state index contributed by atoms with van der Waals surface area (Å²) in [5, 5.41) is 0. The Bertz CT molecular complexity index is 1460. The zero-order valence-corrected chi connectivity index (χ0v) is 22.5. The minimum Gasteiger partial charge on any atom is -0.493 e. The fourth-order valence-corrected chi connectivity index (χ4v) is 6.03. The number of esters is 1. The van der Waals surface area contributed by atoms with Crippen molar-refractivity contribution in [1.29, 1.82) is 0 Å². The van der Waals surface area contributed by atoms with Crippen molar-refractivity contribution in [2.45, 2.75) is 32.4 Å². The van der Waals surface area contributed by atoms with E-state index in [0.717, 1.165) is 40.8 Å². The molecule has 0 unspecified atom stereocenters. The largest absolute Gasteiger partial charge is 0.493 e. The van der Waals surface area contributed by atoms with Crippen LogP contribution in [0.3, 0.4) is 0 Å². The molecule has 6 rings (SSSR count). The Morgan fingerprint density at radius 1 is 0.895 bits per heavy atom. The molecule has 3 aromatic carbocycles. The molecule has 8 nitrogen and oxygen atoms in total. The van der Waals surface area contributed by atoms with Crippen molar-refractivity contribution in [2.75, 3.05) is 41.7 Å². The van der Waals surface area contributed by atoms with E-state index in [1.165, 1.54) is 18.2 Å². The van der Waals surface area contributed by atoms with Gasteiger partial charge >= 0.3 is 5.97 Å². The van der Waals surface area contributed by atoms with E-state index in [4.69, 9.17) is 28.4 Å². The highest BCUT2D eigenvalue weighted by molar-refractivity contribution is 5.98. The first-order chi connectivity index (χ1) is 18.4. The predicted molar refractivity (Wildman–Crippen MR) is 141 cm³/mol. The highest BCUT2D eigenvalue weighted by Gasteiger charge is 2.47. The number of carbonyl (C=O) groups excluding carboxylic acids is 1. The molecule has 38 heavy (non-hydrogen) atoms. The lowest BCUT2D eigenvalue weighted by molar-refractivity contribution is 0.00877. The quantitative estimate of drug-likeness (QED) is 0.430. The maximum absolute atomic E-state index is 13.2. The van der Waals surface area contributed by atoms with Crippen LogP contribution in [0.2, 0.25) is 0 Å². The highest BCUT2D eigenvalue weighted by atomic mass is 16.7. The van der Waals surface area contributed by atoms with Gasteiger partial charge in [0.1, 0.15) is 11.7 Å². The Hall–Kier alpha value is -3.91. The number of cyclic esters (lactones) is 1. The predicted octanol–water partition coefficient (Wildman–Crippen LogP) is 5.17. The fraction of sp³-hybridized carbons (Fsp3) is 0.367. The second kappa shape index (κ2) is 9.13. The molecule has 0 saturated heterocycles. The van der Waals surface area contributed by atoms with Gasteiger partial charge < -0.3 is 28.4 Å². The Morgan fingerprint density at radius 2 is 1.66 bits per heavy atom. The Balaban J connectivity index is 1.60. The van der Waals surface area contributed by atoms with E-state index >= 15 is 0 Å². The summed E-state index contributed by atoms with van der Waals surface area (Å²) in [5.74, 6) is 2.32. The first-order valence-corrected chi connectivity index (χ1v) is 12.7. The fourth-order valence-electron chi connectivity index (χ4n) is 6.03. The molecule has 0 aliphatic carbocycles. The molecular formula is C30H31NO7. The summed E-state index contributed by atoms with van der Waals surface area (Å²) in [6, 6.07) is 9.82. The minimum atomic E-state index is -0.580. The van der Waals surface area contributed by atoms with Crippen molar-refractivity contribution in [3.8, 4) is 39.9 Å². The maximum Gasteiger partial charge on any atom is 0.343 e. The SMILES string of the molecule is COc1ccc2c(c1OC)C(=O)O[C@@H]2[C@H]1c2c(c(-c3ccc(C)c(C)c3)c3c(c2OC)OCO3)CCN1C. The van der Waals surface area contributed by atoms with Crippen LogP contribution in [0.25, 0.3) is 11.1 Å². The van der Waals surface area contributed by atoms with Gasteiger partial charge in [-0.15, -0.1) is 0 Å². The van der Waals surface area contributed by atoms with Crippen molar-refractivity contribution in [1.82, 2.24) is 4.90 Å². The number of aryl methyl sites for hydroxylation is 2. The molecule has 0 amide bonds. The van der Waals surface area contributed by atoms with Gasteiger partial charge in [0.2, 0.25) is 12.5 Å². The summed E-state index contributed by atoms with van der Waals surface area (Å²) >= 11 is 0. The minimum absolute atomic E-state index is 0.116. The lowest BCUT2D eigenvalue weighted by Gasteiger charge is -2.39. The molecule has 0 radical (unpaired) electrons. The topological polar surface area (TPSA) is 75.7 Å². The van der Waals surface area contributed by atoms with E-state index in [9.17, 15) is 4.79 Å². The van der Waals surface area contributed by atoms with Crippen molar-refractivity contribution < 1.29 is 33.2 Å². The number of nitrogens with zero attached hydrogens (tertiary/aromatic N) is 1. The normalized spacial score (nSPS) is 19.6.